The van der Waals surface area contributed by atoms with Gasteiger partial charge in [0.05, 0.1) is 0 Å². The Hall–Kier alpha value is -2.29. The Labute approximate surface area is 145 Å². The molecule has 0 fully saturated rings. The minimum absolute atomic E-state index is 0.101. The summed E-state index contributed by atoms with van der Waals surface area (Å²) < 4.78 is 5.77. The van der Waals surface area contributed by atoms with Crippen LogP contribution in [0, 0.1) is 13.8 Å². The zero-order valence-corrected chi connectivity index (χ0v) is 15.4. The number of benzene rings is 2. The lowest BCUT2D eigenvalue weighted by atomic mass is 9.87. The number of hydrogen-bond donors (Lipinski definition) is 1. The van der Waals surface area contributed by atoms with Crippen LogP contribution in [0.4, 0.5) is 5.69 Å². The van der Waals surface area contributed by atoms with Crippen molar-refractivity contribution < 1.29 is 9.53 Å². The molecule has 0 saturated heterocycles. The molecule has 0 bridgehead atoms. The van der Waals surface area contributed by atoms with Gasteiger partial charge in [-0.15, -0.1) is 0 Å². The lowest BCUT2D eigenvalue weighted by Crippen LogP contribution is -2.30. The molecule has 0 aromatic heterocycles. The van der Waals surface area contributed by atoms with Gasteiger partial charge in [-0.05, 0) is 61.1 Å². The molecule has 3 heteroatoms. The lowest BCUT2D eigenvalue weighted by molar-refractivity contribution is -0.122. The Morgan fingerprint density at radius 3 is 2.25 bits per heavy atom. The minimum atomic E-state index is -0.564. The van der Waals surface area contributed by atoms with Crippen molar-refractivity contribution in [3.8, 4) is 5.75 Å². The van der Waals surface area contributed by atoms with Gasteiger partial charge in [-0.25, -0.2) is 0 Å². The van der Waals surface area contributed by atoms with E-state index < -0.39 is 6.10 Å². The van der Waals surface area contributed by atoms with Crippen LogP contribution in [0.3, 0.4) is 0 Å². The second kappa shape index (κ2) is 7.08. The topological polar surface area (TPSA) is 38.3 Å². The van der Waals surface area contributed by atoms with Crippen LogP contribution in [0.1, 0.15) is 44.4 Å². The molecular weight excluding hydrogens is 298 g/mol. The van der Waals surface area contributed by atoms with Crippen molar-refractivity contribution in [2.45, 2.75) is 53.1 Å². The molecule has 0 spiro atoms. The van der Waals surface area contributed by atoms with Gasteiger partial charge in [-0.3, -0.25) is 4.79 Å². The molecule has 128 valence electrons. The van der Waals surface area contributed by atoms with E-state index in [-0.39, 0.29) is 11.3 Å². The summed E-state index contributed by atoms with van der Waals surface area (Å²) in [5.41, 5.74) is 4.40. The van der Waals surface area contributed by atoms with Gasteiger partial charge in [-0.2, -0.15) is 0 Å². The highest BCUT2D eigenvalue weighted by molar-refractivity contribution is 5.94. The van der Waals surface area contributed by atoms with Crippen molar-refractivity contribution in [2.75, 3.05) is 5.32 Å². The molecule has 2 aromatic rings. The molecule has 24 heavy (non-hydrogen) atoms. The third kappa shape index (κ3) is 4.38. The van der Waals surface area contributed by atoms with E-state index in [1.54, 1.807) is 6.92 Å². The van der Waals surface area contributed by atoms with Crippen LogP contribution < -0.4 is 10.1 Å². The van der Waals surface area contributed by atoms with Crippen molar-refractivity contribution >= 4 is 11.6 Å². The van der Waals surface area contributed by atoms with E-state index >= 15 is 0 Å². The average Bonchev–Trinajstić information content (AvgIpc) is 2.51. The molecule has 0 unspecified atom stereocenters. The largest absolute Gasteiger partial charge is 0.481 e. The van der Waals surface area contributed by atoms with Gasteiger partial charge in [-0.1, -0.05) is 45.0 Å². The quantitative estimate of drug-likeness (QED) is 0.858. The number of rotatable bonds is 4. The molecule has 0 aliphatic heterocycles. The monoisotopic (exact) mass is 325 g/mol. The highest BCUT2D eigenvalue weighted by Crippen LogP contribution is 2.25. The van der Waals surface area contributed by atoms with E-state index in [2.05, 4.69) is 26.1 Å². The zero-order chi connectivity index (χ0) is 17.9. The van der Waals surface area contributed by atoms with Gasteiger partial charge in [0.25, 0.3) is 5.91 Å². The van der Waals surface area contributed by atoms with Crippen LogP contribution in [0.15, 0.2) is 42.5 Å². The Kier molecular flexibility index (Phi) is 5.33. The molecule has 3 nitrogen and oxygen atoms in total. The van der Waals surface area contributed by atoms with Crippen molar-refractivity contribution in [2.24, 2.45) is 0 Å². The fourth-order valence-corrected chi connectivity index (χ4v) is 2.41. The number of carbonyl (C=O) groups excluding carboxylic acids is 1. The van der Waals surface area contributed by atoms with E-state index in [1.165, 1.54) is 5.56 Å². The molecule has 0 aliphatic carbocycles. The van der Waals surface area contributed by atoms with Crippen molar-refractivity contribution in [3.05, 3.63) is 59.2 Å². The molecule has 0 aliphatic rings. The lowest BCUT2D eigenvalue weighted by Gasteiger charge is -2.20. The van der Waals surface area contributed by atoms with Crippen LogP contribution in [0.2, 0.25) is 0 Å². The first-order valence-electron chi connectivity index (χ1n) is 8.33. The first kappa shape index (κ1) is 18.1. The van der Waals surface area contributed by atoms with Gasteiger partial charge in [0, 0.05) is 5.69 Å². The average molecular weight is 325 g/mol. The highest BCUT2D eigenvalue weighted by Gasteiger charge is 2.17. The zero-order valence-electron chi connectivity index (χ0n) is 15.4. The summed E-state index contributed by atoms with van der Waals surface area (Å²) in [5.74, 6) is 0.551. The van der Waals surface area contributed by atoms with Crippen LogP contribution in [-0.2, 0) is 10.2 Å². The van der Waals surface area contributed by atoms with E-state index in [0.29, 0.717) is 5.75 Å². The fourth-order valence-electron chi connectivity index (χ4n) is 2.41. The van der Waals surface area contributed by atoms with E-state index in [9.17, 15) is 4.79 Å². The third-order valence-corrected chi connectivity index (χ3v) is 4.26. The number of anilines is 1. The first-order chi connectivity index (χ1) is 11.2. The summed E-state index contributed by atoms with van der Waals surface area (Å²) >= 11 is 0. The summed E-state index contributed by atoms with van der Waals surface area (Å²) in [6.45, 7) is 12.3. The maximum atomic E-state index is 12.4. The predicted molar refractivity (Wildman–Crippen MR) is 99.8 cm³/mol. The predicted octanol–water partition coefficient (Wildman–Crippen LogP) is 5.01. The second-order valence-electron chi connectivity index (χ2n) is 7.27. The minimum Gasteiger partial charge on any atom is -0.481 e. The Morgan fingerprint density at radius 2 is 1.67 bits per heavy atom. The summed E-state index contributed by atoms with van der Waals surface area (Å²) in [6, 6.07) is 13.8. The van der Waals surface area contributed by atoms with Crippen molar-refractivity contribution in [3.63, 3.8) is 0 Å². The van der Waals surface area contributed by atoms with Gasteiger partial charge >= 0.3 is 0 Å². The van der Waals surface area contributed by atoms with Gasteiger partial charge in [0.1, 0.15) is 5.75 Å². The number of ether oxygens (including phenoxy) is 1. The maximum Gasteiger partial charge on any atom is 0.265 e. The van der Waals surface area contributed by atoms with Gasteiger partial charge in [0.15, 0.2) is 6.10 Å². The molecule has 0 saturated carbocycles. The highest BCUT2D eigenvalue weighted by atomic mass is 16.5. The smallest absolute Gasteiger partial charge is 0.265 e. The second-order valence-corrected chi connectivity index (χ2v) is 7.27. The molecule has 1 N–H and O–H groups in total. The molecule has 0 radical (unpaired) electrons. The Morgan fingerprint density at radius 1 is 1.04 bits per heavy atom. The van der Waals surface area contributed by atoms with Crippen LogP contribution in [-0.4, -0.2) is 12.0 Å². The van der Waals surface area contributed by atoms with Crippen LogP contribution in [0.25, 0.3) is 0 Å². The third-order valence-electron chi connectivity index (χ3n) is 4.26. The molecule has 1 amide bonds. The van der Waals surface area contributed by atoms with Crippen molar-refractivity contribution in [1.82, 2.24) is 0 Å². The Balaban J connectivity index is 2.02. The number of nitrogens with one attached hydrogen (secondary N) is 1. The van der Waals surface area contributed by atoms with Crippen molar-refractivity contribution in [1.29, 1.82) is 0 Å². The molecule has 2 aromatic carbocycles. The summed E-state index contributed by atoms with van der Waals surface area (Å²) in [5, 5.41) is 2.94. The molecule has 2 rings (SSSR count). The summed E-state index contributed by atoms with van der Waals surface area (Å²) in [7, 11) is 0. The Bertz CT molecular complexity index is 712. The molecule has 0 heterocycles. The number of carbonyl (C=O) groups is 1. The van der Waals surface area contributed by atoms with E-state index in [0.717, 1.165) is 16.8 Å². The maximum absolute atomic E-state index is 12.4. The molecule has 1 atom stereocenters. The standard InChI is InChI=1S/C21H27NO2/c1-14-8-7-9-19(15(14)2)22-20(23)16(3)24-18-12-10-17(11-13-18)21(4,5)6/h7-13,16H,1-6H3,(H,22,23)/t16-/m0/s1. The van der Waals surface area contributed by atoms with E-state index in [1.807, 2.05) is 56.3 Å². The SMILES string of the molecule is Cc1cccc(NC(=O)[C@H](C)Oc2ccc(C(C)(C)C)cc2)c1C. The summed E-state index contributed by atoms with van der Waals surface area (Å²) in [4.78, 5) is 12.4. The number of hydrogen-bond acceptors (Lipinski definition) is 2. The number of amides is 1. The number of aryl methyl sites for hydroxylation is 1. The first-order valence-corrected chi connectivity index (χ1v) is 8.33. The molecular formula is C21H27NO2. The summed E-state index contributed by atoms with van der Waals surface area (Å²) in [6.07, 6.45) is -0.564. The van der Waals surface area contributed by atoms with Gasteiger partial charge in [0.2, 0.25) is 0 Å². The van der Waals surface area contributed by atoms with Crippen LogP contribution >= 0.6 is 0 Å². The van der Waals surface area contributed by atoms with Gasteiger partial charge < -0.3 is 10.1 Å². The normalized spacial score (nSPS) is 12.6. The van der Waals surface area contributed by atoms with E-state index in [4.69, 9.17) is 4.74 Å². The fraction of sp³-hybridized carbons (Fsp3) is 0.381. The van der Waals surface area contributed by atoms with Crippen LogP contribution in [0.5, 0.6) is 5.75 Å².